The average molecular weight is 289 g/mol. The first-order chi connectivity index (χ1) is 10.1. The Morgan fingerprint density at radius 1 is 1.19 bits per heavy atom. The van der Waals surface area contributed by atoms with Gasteiger partial charge in [-0.15, -0.1) is 0 Å². The summed E-state index contributed by atoms with van der Waals surface area (Å²) in [5.41, 5.74) is 6.64. The van der Waals surface area contributed by atoms with Crippen molar-refractivity contribution >= 4 is 23.3 Å². The molecule has 5 nitrogen and oxygen atoms in total. The molecular weight excluding hydrogens is 269 g/mol. The van der Waals surface area contributed by atoms with Gasteiger partial charge in [-0.2, -0.15) is 9.97 Å². The molecule has 1 aromatic carbocycles. The number of anilines is 4. The van der Waals surface area contributed by atoms with Crippen LogP contribution in [0.2, 0.25) is 0 Å². The first kappa shape index (κ1) is 15.0. The molecule has 0 aliphatic rings. The van der Waals surface area contributed by atoms with Crippen LogP contribution in [0.1, 0.15) is 20.3 Å². The van der Waals surface area contributed by atoms with E-state index in [4.69, 9.17) is 5.73 Å². The molecule has 0 unspecified atom stereocenters. The summed E-state index contributed by atoms with van der Waals surface area (Å²) in [6, 6.07) is 8.14. The predicted octanol–water partition coefficient (Wildman–Crippen LogP) is 3.18. The third kappa shape index (κ3) is 3.81. The van der Waals surface area contributed by atoms with E-state index in [1.54, 1.807) is 12.1 Å². The average Bonchev–Trinajstić information content (AvgIpc) is 2.47. The molecule has 0 amide bonds. The first-order valence-electron chi connectivity index (χ1n) is 7.05. The van der Waals surface area contributed by atoms with E-state index in [-0.39, 0.29) is 11.8 Å². The summed E-state index contributed by atoms with van der Waals surface area (Å²) in [5, 5.41) is 3.20. The maximum atomic E-state index is 13.0. The summed E-state index contributed by atoms with van der Waals surface area (Å²) in [5.74, 6) is 1.34. The molecule has 0 saturated heterocycles. The Bertz CT molecular complexity index is 585. The molecule has 112 valence electrons. The van der Waals surface area contributed by atoms with Crippen LogP contribution in [-0.2, 0) is 0 Å². The molecular formula is C15H20FN5. The maximum absolute atomic E-state index is 13.0. The Morgan fingerprint density at radius 3 is 2.52 bits per heavy atom. The van der Waals surface area contributed by atoms with Gasteiger partial charge in [-0.1, -0.05) is 6.92 Å². The van der Waals surface area contributed by atoms with Crippen molar-refractivity contribution in [2.24, 2.45) is 0 Å². The van der Waals surface area contributed by atoms with Gasteiger partial charge in [0.1, 0.15) is 17.5 Å². The molecule has 3 N–H and O–H groups in total. The van der Waals surface area contributed by atoms with E-state index < -0.39 is 0 Å². The second-order valence-electron chi connectivity index (χ2n) is 4.62. The molecule has 1 heterocycles. The van der Waals surface area contributed by atoms with E-state index in [0.29, 0.717) is 18.2 Å². The fourth-order valence-corrected chi connectivity index (χ4v) is 2.03. The van der Waals surface area contributed by atoms with Gasteiger partial charge in [0, 0.05) is 24.8 Å². The third-order valence-electron chi connectivity index (χ3n) is 3.02. The number of nitrogens with one attached hydrogen (secondary N) is 1. The lowest BCUT2D eigenvalue weighted by molar-refractivity contribution is 0.628. The molecule has 0 aliphatic carbocycles. The summed E-state index contributed by atoms with van der Waals surface area (Å²) in [4.78, 5) is 10.4. The molecule has 0 aliphatic heterocycles. The minimum atomic E-state index is -0.262. The Kier molecular flexibility index (Phi) is 4.92. The quantitative estimate of drug-likeness (QED) is 0.855. The Labute approximate surface area is 124 Å². The highest BCUT2D eigenvalue weighted by molar-refractivity contribution is 5.63. The van der Waals surface area contributed by atoms with E-state index >= 15 is 0 Å². The first-order valence-corrected chi connectivity index (χ1v) is 7.05. The van der Waals surface area contributed by atoms with Gasteiger partial charge >= 0.3 is 0 Å². The second kappa shape index (κ2) is 6.88. The van der Waals surface area contributed by atoms with Crippen LogP contribution in [-0.4, -0.2) is 23.1 Å². The zero-order valence-electron chi connectivity index (χ0n) is 12.3. The van der Waals surface area contributed by atoms with E-state index in [9.17, 15) is 4.39 Å². The van der Waals surface area contributed by atoms with E-state index in [2.05, 4.69) is 22.2 Å². The van der Waals surface area contributed by atoms with Crippen molar-refractivity contribution in [2.45, 2.75) is 20.3 Å². The van der Waals surface area contributed by atoms with Gasteiger partial charge in [-0.05, 0) is 37.6 Å². The maximum Gasteiger partial charge on any atom is 0.223 e. The Hall–Kier alpha value is -2.37. The van der Waals surface area contributed by atoms with Crippen molar-refractivity contribution in [3.05, 3.63) is 36.1 Å². The predicted molar refractivity (Wildman–Crippen MR) is 84.3 cm³/mol. The summed E-state index contributed by atoms with van der Waals surface area (Å²) in [7, 11) is 0. The van der Waals surface area contributed by atoms with Crippen LogP contribution < -0.4 is 16.0 Å². The van der Waals surface area contributed by atoms with E-state index in [1.165, 1.54) is 12.1 Å². The number of nitrogens with zero attached hydrogens (tertiary/aromatic N) is 3. The number of halogens is 1. The lowest BCUT2D eigenvalue weighted by Gasteiger charge is -2.22. The van der Waals surface area contributed by atoms with Crippen LogP contribution in [0.15, 0.2) is 30.3 Å². The SMILES string of the molecule is CCCNc1cc(N(CC)c2ccc(F)cc2)nc(N)n1. The van der Waals surface area contributed by atoms with Gasteiger partial charge in [-0.25, -0.2) is 4.39 Å². The number of benzene rings is 1. The summed E-state index contributed by atoms with van der Waals surface area (Å²) in [6.45, 7) is 5.59. The van der Waals surface area contributed by atoms with E-state index in [1.807, 2.05) is 17.9 Å². The molecule has 0 fully saturated rings. The third-order valence-corrected chi connectivity index (χ3v) is 3.02. The number of nitrogens with two attached hydrogens (primary N) is 1. The molecule has 2 rings (SSSR count). The van der Waals surface area contributed by atoms with Crippen LogP contribution in [0.5, 0.6) is 0 Å². The molecule has 0 spiro atoms. The molecule has 6 heteroatoms. The second-order valence-corrected chi connectivity index (χ2v) is 4.62. The highest BCUT2D eigenvalue weighted by Crippen LogP contribution is 2.25. The molecule has 0 radical (unpaired) electrons. The van der Waals surface area contributed by atoms with Crippen molar-refractivity contribution in [3.63, 3.8) is 0 Å². The highest BCUT2D eigenvalue weighted by Gasteiger charge is 2.11. The van der Waals surface area contributed by atoms with Gasteiger partial charge in [0.2, 0.25) is 5.95 Å². The topological polar surface area (TPSA) is 67.1 Å². The molecule has 0 bridgehead atoms. The van der Waals surface area contributed by atoms with Gasteiger partial charge in [0.25, 0.3) is 0 Å². The Balaban J connectivity index is 2.32. The Morgan fingerprint density at radius 2 is 1.90 bits per heavy atom. The van der Waals surface area contributed by atoms with Crippen molar-refractivity contribution in [1.82, 2.24) is 9.97 Å². The smallest absolute Gasteiger partial charge is 0.223 e. The fraction of sp³-hybridized carbons (Fsp3) is 0.333. The summed E-state index contributed by atoms with van der Waals surface area (Å²) < 4.78 is 13.0. The highest BCUT2D eigenvalue weighted by atomic mass is 19.1. The molecule has 2 aromatic rings. The normalized spacial score (nSPS) is 10.4. The minimum absolute atomic E-state index is 0.215. The molecule has 21 heavy (non-hydrogen) atoms. The molecule has 0 atom stereocenters. The number of hydrogen-bond donors (Lipinski definition) is 2. The lowest BCUT2D eigenvalue weighted by atomic mass is 10.2. The summed E-state index contributed by atoms with van der Waals surface area (Å²) in [6.07, 6.45) is 0.995. The standard InChI is InChI=1S/C15H20FN5/c1-3-9-18-13-10-14(20-15(17)19-13)21(4-2)12-7-5-11(16)6-8-12/h5-8,10H,3-4,9H2,1-2H3,(H3,17,18,19,20). The van der Waals surface area contributed by atoms with E-state index in [0.717, 1.165) is 18.7 Å². The lowest BCUT2D eigenvalue weighted by Crippen LogP contribution is -2.19. The monoisotopic (exact) mass is 289 g/mol. The largest absolute Gasteiger partial charge is 0.370 e. The van der Waals surface area contributed by atoms with Crippen LogP contribution in [0.25, 0.3) is 0 Å². The van der Waals surface area contributed by atoms with Crippen molar-refractivity contribution in [1.29, 1.82) is 0 Å². The van der Waals surface area contributed by atoms with Gasteiger partial charge in [0.05, 0.1) is 0 Å². The number of rotatable bonds is 6. The molecule has 0 saturated carbocycles. The number of aromatic nitrogens is 2. The number of nitrogen functional groups attached to an aromatic ring is 1. The van der Waals surface area contributed by atoms with Gasteiger partial charge in [-0.3, -0.25) is 0 Å². The van der Waals surface area contributed by atoms with Gasteiger partial charge < -0.3 is 16.0 Å². The van der Waals surface area contributed by atoms with Crippen molar-refractivity contribution in [3.8, 4) is 0 Å². The van der Waals surface area contributed by atoms with Crippen LogP contribution >= 0.6 is 0 Å². The number of hydrogen-bond acceptors (Lipinski definition) is 5. The van der Waals surface area contributed by atoms with Gasteiger partial charge in [0.15, 0.2) is 0 Å². The van der Waals surface area contributed by atoms with Crippen LogP contribution in [0.4, 0.5) is 27.7 Å². The van der Waals surface area contributed by atoms with Crippen LogP contribution in [0.3, 0.4) is 0 Å². The summed E-state index contributed by atoms with van der Waals surface area (Å²) >= 11 is 0. The molecule has 1 aromatic heterocycles. The fourth-order valence-electron chi connectivity index (χ4n) is 2.03. The minimum Gasteiger partial charge on any atom is -0.370 e. The van der Waals surface area contributed by atoms with Crippen LogP contribution in [0, 0.1) is 5.82 Å². The van der Waals surface area contributed by atoms with Crippen molar-refractivity contribution < 1.29 is 4.39 Å². The van der Waals surface area contributed by atoms with Crippen molar-refractivity contribution in [2.75, 3.05) is 29.0 Å². The zero-order valence-corrected chi connectivity index (χ0v) is 12.3. The zero-order chi connectivity index (χ0) is 15.2.